The fraction of sp³-hybridized carbons (Fsp3) is 0.214. The summed E-state index contributed by atoms with van der Waals surface area (Å²) in [4.78, 5) is 15.8. The highest BCUT2D eigenvalue weighted by Gasteiger charge is 2.13. The molecule has 0 saturated carbocycles. The predicted octanol–water partition coefficient (Wildman–Crippen LogP) is 3.33. The van der Waals surface area contributed by atoms with Crippen molar-refractivity contribution in [2.45, 2.75) is 13.5 Å². The molecule has 0 bridgehead atoms. The van der Waals surface area contributed by atoms with E-state index in [1.807, 2.05) is 56.4 Å². The molecule has 2 aromatic rings. The van der Waals surface area contributed by atoms with Crippen molar-refractivity contribution in [3.63, 3.8) is 0 Å². The van der Waals surface area contributed by atoms with Gasteiger partial charge in [0.25, 0.3) is 5.91 Å². The second kappa shape index (κ2) is 5.15. The molecule has 3 heteroatoms. The van der Waals surface area contributed by atoms with Crippen LogP contribution in [0.25, 0.3) is 0 Å². The molecule has 0 radical (unpaired) electrons. The van der Waals surface area contributed by atoms with Gasteiger partial charge in [-0.2, -0.15) is 0 Å². The van der Waals surface area contributed by atoms with Gasteiger partial charge in [0.2, 0.25) is 0 Å². The van der Waals surface area contributed by atoms with Crippen molar-refractivity contribution in [3.05, 3.63) is 57.8 Å². The van der Waals surface area contributed by atoms with Crippen LogP contribution in [-0.2, 0) is 6.54 Å². The van der Waals surface area contributed by atoms with E-state index in [9.17, 15) is 4.79 Å². The standard InChI is InChI=1S/C14H15NOS/c1-11-8-9-13(17-11)14(16)15(2)10-12-6-4-3-5-7-12/h3-9H,10H2,1-2H3. The first-order valence-electron chi connectivity index (χ1n) is 5.52. The van der Waals surface area contributed by atoms with E-state index in [1.165, 1.54) is 4.88 Å². The van der Waals surface area contributed by atoms with Crippen LogP contribution < -0.4 is 0 Å². The Morgan fingerprint density at radius 3 is 2.47 bits per heavy atom. The van der Waals surface area contributed by atoms with Gasteiger partial charge in [0.05, 0.1) is 4.88 Å². The zero-order chi connectivity index (χ0) is 12.3. The van der Waals surface area contributed by atoms with Crippen molar-refractivity contribution < 1.29 is 4.79 Å². The number of aryl methyl sites for hydroxylation is 1. The van der Waals surface area contributed by atoms with Crippen molar-refractivity contribution in [1.29, 1.82) is 0 Å². The lowest BCUT2D eigenvalue weighted by Gasteiger charge is -2.16. The highest BCUT2D eigenvalue weighted by molar-refractivity contribution is 7.13. The number of carbonyl (C=O) groups is 1. The minimum atomic E-state index is 0.0898. The summed E-state index contributed by atoms with van der Waals surface area (Å²) in [5.41, 5.74) is 1.15. The van der Waals surface area contributed by atoms with Crippen LogP contribution in [0, 0.1) is 6.92 Å². The molecule has 0 aliphatic carbocycles. The van der Waals surface area contributed by atoms with Crippen LogP contribution in [-0.4, -0.2) is 17.9 Å². The van der Waals surface area contributed by atoms with Crippen molar-refractivity contribution in [1.82, 2.24) is 4.90 Å². The van der Waals surface area contributed by atoms with Gasteiger partial charge in [-0.1, -0.05) is 30.3 Å². The van der Waals surface area contributed by atoms with Crippen molar-refractivity contribution >= 4 is 17.2 Å². The lowest BCUT2D eigenvalue weighted by Crippen LogP contribution is -2.25. The third kappa shape index (κ3) is 2.94. The van der Waals surface area contributed by atoms with Gasteiger partial charge in [0, 0.05) is 18.5 Å². The van der Waals surface area contributed by atoms with Gasteiger partial charge in [-0.3, -0.25) is 4.79 Å². The van der Waals surface area contributed by atoms with Crippen molar-refractivity contribution in [2.24, 2.45) is 0 Å². The summed E-state index contributed by atoms with van der Waals surface area (Å²) >= 11 is 1.54. The molecule has 2 nitrogen and oxygen atoms in total. The maximum Gasteiger partial charge on any atom is 0.263 e. The number of thiophene rings is 1. The first kappa shape index (κ1) is 11.9. The SMILES string of the molecule is Cc1ccc(C(=O)N(C)Cc2ccccc2)s1. The molecule has 88 valence electrons. The van der Waals surface area contributed by atoms with E-state index in [0.29, 0.717) is 6.54 Å². The molecule has 17 heavy (non-hydrogen) atoms. The summed E-state index contributed by atoms with van der Waals surface area (Å²) < 4.78 is 0. The van der Waals surface area contributed by atoms with E-state index in [1.54, 1.807) is 16.2 Å². The highest BCUT2D eigenvalue weighted by Crippen LogP contribution is 2.17. The van der Waals surface area contributed by atoms with Crippen LogP contribution in [0.2, 0.25) is 0 Å². The van der Waals surface area contributed by atoms with Crippen molar-refractivity contribution in [2.75, 3.05) is 7.05 Å². The second-order valence-corrected chi connectivity index (χ2v) is 5.35. The van der Waals surface area contributed by atoms with Gasteiger partial charge in [-0.05, 0) is 24.6 Å². The Bertz CT molecular complexity index is 504. The molecule has 0 unspecified atom stereocenters. The van der Waals surface area contributed by atoms with Crippen LogP contribution in [0.5, 0.6) is 0 Å². The van der Waals surface area contributed by atoms with E-state index in [4.69, 9.17) is 0 Å². The fourth-order valence-corrected chi connectivity index (χ4v) is 2.53. The summed E-state index contributed by atoms with van der Waals surface area (Å²) in [6, 6.07) is 13.9. The zero-order valence-electron chi connectivity index (χ0n) is 10.0. The average Bonchev–Trinajstić information content (AvgIpc) is 2.76. The average molecular weight is 245 g/mol. The predicted molar refractivity (Wildman–Crippen MR) is 71.3 cm³/mol. The normalized spacial score (nSPS) is 10.2. The molecule has 0 atom stereocenters. The van der Waals surface area contributed by atoms with Gasteiger partial charge < -0.3 is 4.90 Å². The quantitative estimate of drug-likeness (QED) is 0.812. The van der Waals surface area contributed by atoms with Gasteiger partial charge in [-0.25, -0.2) is 0 Å². The minimum absolute atomic E-state index is 0.0898. The number of amides is 1. The molecule has 1 aromatic heterocycles. The van der Waals surface area contributed by atoms with E-state index >= 15 is 0 Å². The molecule has 0 aliphatic heterocycles. The number of benzene rings is 1. The van der Waals surface area contributed by atoms with Gasteiger partial charge in [-0.15, -0.1) is 11.3 Å². The third-order valence-electron chi connectivity index (χ3n) is 2.56. The maximum absolute atomic E-state index is 12.1. The Morgan fingerprint density at radius 2 is 1.88 bits per heavy atom. The fourth-order valence-electron chi connectivity index (χ4n) is 1.67. The molecular weight excluding hydrogens is 230 g/mol. The molecule has 1 amide bonds. The number of carbonyl (C=O) groups excluding carboxylic acids is 1. The molecule has 1 heterocycles. The Morgan fingerprint density at radius 1 is 1.18 bits per heavy atom. The number of rotatable bonds is 3. The first-order valence-corrected chi connectivity index (χ1v) is 6.34. The van der Waals surface area contributed by atoms with Crippen LogP contribution >= 0.6 is 11.3 Å². The molecule has 0 spiro atoms. The molecule has 1 aromatic carbocycles. The minimum Gasteiger partial charge on any atom is -0.337 e. The first-order chi connectivity index (χ1) is 8.16. The van der Waals surface area contributed by atoms with E-state index in [0.717, 1.165) is 10.4 Å². The largest absolute Gasteiger partial charge is 0.337 e. The Balaban J connectivity index is 2.06. The summed E-state index contributed by atoms with van der Waals surface area (Å²) in [6.45, 7) is 2.66. The summed E-state index contributed by atoms with van der Waals surface area (Å²) in [6.07, 6.45) is 0. The number of nitrogens with zero attached hydrogens (tertiary/aromatic N) is 1. The lowest BCUT2D eigenvalue weighted by atomic mass is 10.2. The summed E-state index contributed by atoms with van der Waals surface area (Å²) in [7, 11) is 1.84. The third-order valence-corrected chi connectivity index (χ3v) is 3.55. The lowest BCUT2D eigenvalue weighted by molar-refractivity contribution is 0.0790. The van der Waals surface area contributed by atoms with Crippen LogP contribution in [0.4, 0.5) is 0 Å². The smallest absolute Gasteiger partial charge is 0.263 e. The molecule has 0 N–H and O–H groups in total. The number of hydrogen-bond acceptors (Lipinski definition) is 2. The van der Waals surface area contributed by atoms with E-state index in [2.05, 4.69) is 0 Å². The van der Waals surface area contributed by atoms with E-state index < -0.39 is 0 Å². The van der Waals surface area contributed by atoms with Crippen LogP contribution in [0.1, 0.15) is 20.1 Å². The van der Waals surface area contributed by atoms with Crippen molar-refractivity contribution in [3.8, 4) is 0 Å². The molecule has 2 rings (SSSR count). The summed E-state index contributed by atoms with van der Waals surface area (Å²) in [5.74, 6) is 0.0898. The molecule has 0 aliphatic rings. The maximum atomic E-state index is 12.1. The molecule has 0 saturated heterocycles. The molecular formula is C14H15NOS. The summed E-state index contributed by atoms with van der Waals surface area (Å²) in [5, 5.41) is 0. The number of hydrogen-bond donors (Lipinski definition) is 0. The Hall–Kier alpha value is -1.61. The van der Waals surface area contributed by atoms with Gasteiger partial charge in [0.15, 0.2) is 0 Å². The highest BCUT2D eigenvalue weighted by atomic mass is 32.1. The Kier molecular flexibility index (Phi) is 3.59. The monoisotopic (exact) mass is 245 g/mol. The van der Waals surface area contributed by atoms with Gasteiger partial charge in [0.1, 0.15) is 0 Å². The zero-order valence-corrected chi connectivity index (χ0v) is 10.8. The van der Waals surface area contributed by atoms with Crippen LogP contribution in [0.3, 0.4) is 0 Å². The van der Waals surface area contributed by atoms with E-state index in [-0.39, 0.29) is 5.91 Å². The van der Waals surface area contributed by atoms with Gasteiger partial charge >= 0.3 is 0 Å². The Labute approximate surface area is 106 Å². The van der Waals surface area contributed by atoms with Crippen LogP contribution in [0.15, 0.2) is 42.5 Å². The topological polar surface area (TPSA) is 20.3 Å². The molecule has 0 fully saturated rings. The second-order valence-electron chi connectivity index (χ2n) is 4.06.